The molecule has 1 atom stereocenters. The molecule has 15 heavy (non-hydrogen) atoms. The van der Waals surface area contributed by atoms with Crippen LogP contribution in [0.2, 0.25) is 0 Å². The molecule has 1 unspecified atom stereocenters. The normalized spacial score (nSPS) is 19.9. The Balaban J connectivity index is 2.12. The lowest BCUT2D eigenvalue weighted by Gasteiger charge is -2.38. The molecule has 0 spiro atoms. The van der Waals surface area contributed by atoms with Crippen LogP contribution in [0.15, 0.2) is 24.4 Å². The maximum absolute atomic E-state index is 11.2. The van der Waals surface area contributed by atoms with Gasteiger partial charge in [0, 0.05) is 6.20 Å². The first-order valence-electron chi connectivity index (χ1n) is 4.60. The van der Waals surface area contributed by atoms with Crippen LogP contribution in [0.5, 0.6) is 0 Å². The summed E-state index contributed by atoms with van der Waals surface area (Å²) in [6.07, 6.45) is 1.99. The van der Waals surface area contributed by atoms with Crippen molar-refractivity contribution < 1.29 is 14.7 Å². The third kappa shape index (κ3) is 1.81. The minimum Gasteiger partial charge on any atom is -0.480 e. The molecule has 1 fully saturated rings. The molecule has 0 bridgehead atoms. The number of carboxylic acid groups (broad SMARTS) is 1. The van der Waals surface area contributed by atoms with Gasteiger partial charge in [0.25, 0.3) is 0 Å². The molecule has 5 nitrogen and oxygen atoms in total. The first kappa shape index (κ1) is 9.64. The Morgan fingerprint density at radius 3 is 2.93 bits per heavy atom. The van der Waals surface area contributed by atoms with E-state index >= 15 is 0 Å². The van der Waals surface area contributed by atoms with Crippen LogP contribution < -0.4 is 0 Å². The van der Waals surface area contributed by atoms with E-state index in [1.54, 1.807) is 18.3 Å². The van der Waals surface area contributed by atoms with Crippen LogP contribution in [0.3, 0.4) is 0 Å². The van der Waals surface area contributed by atoms with Crippen molar-refractivity contribution >= 4 is 11.9 Å². The Hall–Kier alpha value is -1.91. The molecular weight excluding hydrogens is 196 g/mol. The highest BCUT2D eigenvalue weighted by atomic mass is 16.4. The number of carboxylic acids is 1. The largest absolute Gasteiger partial charge is 0.480 e. The summed E-state index contributed by atoms with van der Waals surface area (Å²) in [5.41, 5.74) is 0.748. The molecule has 2 rings (SSSR count). The number of aromatic nitrogens is 1. The van der Waals surface area contributed by atoms with Gasteiger partial charge < -0.3 is 10.0 Å². The molecule has 1 aliphatic rings. The van der Waals surface area contributed by atoms with E-state index in [1.807, 2.05) is 6.07 Å². The number of carbonyl (C=O) groups excluding carboxylic acids is 1. The Morgan fingerprint density at radius 1 is 1.60 bits per heavy atom. The van der Waals surface area contributed by atoms with Crippen molar-refractivity contribution in [1.82, 2.24) is 9.88 Å². The fourth-order valence-electron chi connectivity index (χ4n) is 1.64. The molecule has 1 amide bonds. The zero-order chi connectivity index (χ0) is 10.8. The van der Waals surface area contributed by atoms with Gasteiger partial charge in [-0.1, -0.05) is 6.07 Å². The van der Waals surface area contributed by atoms with Gasteiger partial charge in [-0.25, -0.2) is 0 Å². The first-order chi connectivity index (χ1) is 7.18. The van der Waals surface area contributed by atoms with Gasteiger partial charge in [-0.2, -0.15) is 0 Å². The molecule has 0 aromatic carbocycles. The fraction of sp³-hybridized carbons (Fsp3) is 0.300. The lowest BCUT2D eigenvalue weighted by Crippen LogP contribution is -2.49. The van der Waals surface area contributed by atoms with Gasteiger partial charge in [0.15, 0.2) is 0 Å². The Labute approximate surface area is 86.3 Å². The number of carbonyl (C=O) groups is 2. The second-order valence-electron chi connectivity index (χ2n) is 3.39. The third-order valence-corrected chi connectivity index (χ3v) is 2.40. The summed E-state index contributed by atoms with van der Waals surface area (Å²) in [6.45, 7) is -0.250. The number of hydrogen-bond acceptors (Lipinski definition) is 3. The highest BCUT2D eigenvalue weighted by Gasteiger charge is 2.38. The summed E-state index contributed by atoms with van der Waals surface area (Å²) in [7, 11) is 0. The highest BCUT2D eigenvalue weighted by Crippen LogP contribution is 2.32. The van der Waals surface area contributed by atoms with Crippen LogP contribution in [-0.2, 0) is 9.59 Å². The molecule has 1 aliphatic heterocycles. The molecule has 1 aromatic heterocycles. The van der Waals surface area contributed by atoms with E-state index in [9.17, 15) is 9.59 Å². The van der Waals surface area contributed by atoms with Crippen molar-refractivity contribution in [3.63, 3.8) is 0 Å². The zero-order valence-electron chi connectivity index (χ0n) is 7.96. The van der Waals surface area contributed by atoms with E-state index in [2.05, 4.69) is 4.98 Å². The average Bonchev–Trinajstić information content (AvgIpc) is 2.24. The number of amides is 1. The van der Waals surface area contributed by atoms with Crippen molar-refractivity contribution in [3.05, 3.63) is 30.1 Å². The van der Waals surface area contributed by atoms with Crippen LogP contribution in [-0.4, -0.2) is 33.4 Å². The Bertz CT molecular complexity index is 391. The van der Waals surface area contributed by atoms with Crippen LogP contribution in [0, 0.1) is 0 Å². The smallest absolute Gasteiger partial charge is 0.323 e. The minimum absolute atomic E-state index is 0.131. The van der Waals surface area contributed by atoms with Gasteiger partial charge >= 0.3 is 5.97 Å². The summed E-state index contributed by atoms with van der Waals surface area (Å²) in [4.78, 5) is 27.1. The van der Waals surface area contributed by atoms with Crippen LogP contribution >= 0.6 is 0 Å². The number of rotatable bonds is 3. The van der Waals surface area contributed by atoms with Gasteiger partial charge in [-0.15, -0.1) is 0 Å². The van der Waals surface area contributed by atoms with E-state index < -0.39 is 5.97 Å². The van der Waals surface area contributed by atoms with Gasteiger partial charge in [0.1, 0.15) is 6.54 Å². The molecule has 5 heteroatoms. The monoisotopic (exact) mass is 206 g/mol. The lowest BCUT2D eigenvalue weighted by molar-refractivity contribution is -0.155. The highest BCUT2D eigenvalue weighted by molar-refractivity contribution is 5.87. The zero-order valence-corrected chi connectivity index (χ0v) is 7.96. The van der Waals surface area contributed by atoms with Gasteiger partial charge in [-0.3, -0.25) is 14.6 Å². The number of likely N-dealkylation sites (tertiary alicyclic amines) is 1. The summed E-state index contributed by atoms with van der Waals surface area (Å²) < 4.78 is 0. The van der Waals surface area contributed by atoms with E-state index in [-0.39, 0.29) is 18.5 Å². The number of pyridine rings is 1. The number of hydrogen-bond donors (Lipinski definition) is 1. The fourth-order valence-corrected chi connectivity index (χ4v) is 1.64. The molecule has 0 saturated carbocycles. The molecule has 0 radical (unpaired) electrons. The molecular formula is C10H10N2O3. The van der Waals surface area contributed by atoms with Crippen molar-refractivity contribution in [2.24, 2.45) is 0 Å². The van der Waals surface area contributed by atoms with E-state index in [1.165, 1.54) is 4.90 Å². The summed E-state index contributed by atoms with van der Waals surface area (Å²) in [6, 6.07) is 5.23. The second-order valence-corrected chi connectivity index (χ2v) is 3.39. The molecule has 1 N–H and O–H groups in total. The lowest BCUT2D eigenvalue weighted by atomic mass is 9.98. The van der Waals surface area contributed by atoms with Gasteiger partial charge in [0.2, 0.25) is 5.91 Å². The number of aliphatic carboxylic acids is 1. The van der Waals surface area contributed by atoms with Gasteiger partial charge in [0.05, 0.1) is 18.2 Å². The molecule has 1 saturated heterocycles. The topological polar surface area (TPSA) is 70.5 Å². The molecule has 0 aliphatic carbocycles. The quantitative estimate of drug-likeness (QED) is 0.728. The van der Waals surface area contributed by atoms with Crippen molar-refractivity contribution in [3.8, 4) is 0 Å². The van der Waals surface area contributed by atoms with Crippen LogP contribution in [0.25, 0.3) is 0 Å². The number of nitrogens with zero attached hydrogens (tertiary/aromatic N) is 2. The first-order valence-corrected chi connectivity index (χ1v) is 4.60. The molecule has 78 valence electrons. The minimum atomic E-state index is -0.996. The van der Waals surface area contributed by atoms with E-state index in [0.717, 1.165) is 5.69 Å². The van der Waals surface area contributed by atoms with E-state index in [4.69, 9.17) is 5.11 Å². The third-order valence-electron chi connectivity index (χ3n) is 2.40. The summed E-state index contributed by atoms with van der Waals surface area (Å²) in [5, 5.41) is 8.62. The standard InChI is InChI=1S/C10H10N2O3/c13-9-5-8(12(9)6-10(14)15)7-3-1-2-4-11-7/h1-4,8H,5-6H2,(H,14,15). The van der Waals surface area contributed by atoms with E-state index in [0.29, 0.717) is 6.42 Å². The maximum atomic E-state index is 11.2. The van der Waals surface area contributed by atoms with Crippen molar-refractivity contribution in [2.75, 3.05) is 6.54 Å². The summed E-state index contributed by atoms with van der Waals surface area (Å²) >= 11 is 0. The Kier molecular flexibility index (Phi) is 2.37. The van der Waals surface area contributed by atoms with Crippen LogP contribution in [0.1, 0.15) is 18.2 Å². The molecule has 2 heterocycles. The predicted octanol–water partition coefficient (Wildman–Crippen LogP) is 0.440. The molecule has 1 aromatic rings. The SMILES string of the molecule is O=C(O)CN1C(=O)CC1c1ccccn1. The maximum Gasteiger partial charge on any atom is 0.323 e. The van der Waals surface area contributed by atoms with Crippen LogP contribution in [0.4, 0.5) is 0 Å². The second kappa shape index (κ2) is 3.68. The van der Waals surface area contributed by atoms with Gasteiger partial charge in [-0.05, 0) is 12.1 Å². The van der Waals surface area contributed by atoms with Crippen molar-refractivity contribution in [1.29, 1.82) is 0 Å². The Morgan fingerprint density at radius 2 is 2.40 bits per heavy atom. The predicted molar refractivity (Wildman–Crippen MR) is 50.9 cm³/mol. The average molecular weight is 206 g/mol. The number of β-lactam (4-membered cyclic amide) rings is 1. The summed E-state index contributed by atoms with van der Waals surface area (Å²) in [5.74, 6) is -1.13. The van der Waals surface area contributed by atoms with Crippen molar-refractivity contribution in [2.45, 2.75) is 12.5 Å².